The van der Waals surface area contributed by atoms with Crippen molar-refractivity contribution in [2.45, 2.75) is 37.8 Å². The summed E-state index contributed by atoms with van der Waals surface area (Å²) >= 11 is 0. The molecule has 4 aromatic rings. The molecular formula is C40H46N2O8. The van der Waals surface area contributed by atoms with Crippen molar-refractivity contribution < 1.29 is 38.3 Å². The summed E-state index contributed by atoms with van der Waals surface area (Å²) in [5.74, 6) is 4.77. The van der Waals surface area contributed by atoms with Gasteiger partial charge in [0.2, 0.25) is 5.75 Å². The number of aromatic hydroxyl groups is 1. The minimum atomic E-state index is 0.0370. The number of likely N-dealkylation sites (N-methyl/N-ethyl adjacent to an activating group) is 2. The van der Waals surface area contributed by atoms with Crippen LogP contribution in [0.3, 0.4) is 0 Å². The fraction of sp³-hybridized carbons (Fsp3) is 0.400. The van der Waals surface area contributed by atoms with Gasteiger partial charge in [-0.3, -0.25) is 9.80 Å². The lowest BCUT2D eigenvalue weighted by atomic mass is 9.76. The van der Waals surface area contributed by atoms with Crippen molar-refractivity contribution in [3.8, 4) is 62.9 Å². The first kappa shape index (κ1) is 33.7. The van der Waals surface area contributed by atoms with E-state index in [4.69, 9.17) is 33.2 Å². The summed E-state index contributed by atoms with van der Waals surface area (Å²) in [5, 5.41) is 11.5. The third kappa shape index (κ3) is 5.51. The van der Waals surface area contributed by atoms with E-state index in [2.05, 4.69) is 36.0 Å². The topological polar surface area (TPSA) is 91.3 Å². The maximum Gasteiger partial charge on any atom is 0.204 e. The zero-order chi connectivity index (χ0) is 35.3. The zero-order valence-corrected chi connectivity index (χ0v) is 30.1. The Labute approximate surface area is 294 Å². The van der Waals surface area contributed by atoms with Crippen LogP contribution < -0.4 is 33.2 Å². The van der Waals surface area contributed by atoms with Crippen LogP contribution in [0.2, 0.25) is 0 Å². The molecule has 3 aliphatic rings. The van der Waals surface area contributed by atoms with Crippen LogP contribution in [-0.2, 0) is 25.7 Å². The van der Waals surface area contributed by atoms with Crippen molar-refractivity contribution in [1.82, 2.24) is 9.80 Å². The standard InChI is InChI=1S/C40H46N2O8/c1-41-13-11-22-17-31(45-4)32(46-5)20-26(22)28(41)15-24-9-10-30(44-3)40(49-8)39(24)50-34-19-25-16-29-36-23(12-14-42(29)2)18-35(48-7)38(43)37(36)27(25)21-33(34)47-6/h9-10,17-21,28-29,43H,11-16H2,1-8H3/t28-,29+/m1/s1. The number of benzene rings is 4. The Morgan fingerprint density at radius 3 is 1.96 bits per heavy atom. The van der Waals surface area contributed by atoms with Crippen LogP contribution in [0.1, 0.15) is 45.5 Å². The van der Waals surface area contributed by atoms with E-state index in [9.17, 15) is 5.11 Å². The second kappa shape index (κ2) is 13.5. The summed E-state index contributed by atoms with van der Waals surface area (Å²) in [5.41, 5.74) is 8.50. The molecule has 1 aliphatic carbocycles. The first-order valence-electron chi connectivity index (χ1n) is 17.0. The van der Waals surface area contributed by atoms with Crippen LogP contribution in [0, 0.1) is 0 Å². The number of hydrogen-bond acceptors (Lipinski definition) is 10. The van der Waals surface area contributed by atoms with Gasteiger partial charge in [0.1, 0.15) is 0 Å². The Morgan fingerprint density at radius 1 is 0.640 bits per heavy atom. The van der Waals surface area contributed by atoms with Gasteiger partial charge in [0.05, 0.1) is 42.7 Å². The number of ether oxygens (including phenoxy) is 7. The molecule has 0 fully saturated rings. The highest BCUT2D eigenvalue weighted by molar-refractivity contribution is 5.85. The molecule has 2 atom stereocenters. The van der Waals surface area contributed by atoms with E-state index in [1.165, 1.54) is 16.7 Å². The summed E-state index contributed by atoms with van der Waals surface area (Å²) < 4.78 is 41.6. The maximum absolute atomic E-state index is 11.5. The molecule has 10 heteroatoms. The largest absolute Gasteiger partial charge is 0.504 e. The van der Waals surface area contributed by atoms with E-state index >= 15 is 0 Å². The van der Waals surface area contributed by atoms with Crippen LogP contribution in [0.25, 0.3) is 11.1 Å². The second-order valence-electron chi connectivity index (χ2n) is 13.2. The molecule has 0 amide bonds. The van der Waals surface area contributed by atoms with Gasteiger partial charge in [0.25, 0.3) is 0 Å². The fourth-order valence-corrected chi connectivity index (χ4v) is 8.06. The average Bonchev–Trinajstić information content (AvgIpc) is 3.14. The van der Waals surface area contributed by atoms with E-state index in [0.717, 1.165) is 65.9 Å². The lowest BCUT2D eigenvalue weighted by Gasteiger charge is -2.40. The molecule has 4 aromatic carbocycles. The number of rotatable bonds is 10. The number of phenolic OH excluding ortho intramolecular Hbond substituents is 1. The van der Waals surface area contributed by atoms with E-state index in [1.54, 1.807) is 42.7 Å². The lowest BCUT2D eigenvalue weighted by molar-refractivity contribution is 0.225. The molecule has 0 unspecified atom stereocenters. The molecule has 0 radical (unpaired) electrons. The molecule has 0 spiro atoms. The third-order valence-corrected chi connectivity index (χ3v) is 10.8. The molecule has 7 rings (SSSR count). The summed E-state index contributed by atoms with van der Waals surface area (Å²) in [4.78, 5) is 4.72. The molecule has 0 bridgehead atoms. The van der Waals surface area contributed by atoms with Crippen molar-refractivity contribution in [3.63, 3.8) is 0 Å². The summed E-state index contributed by atoms with van der Waals surface area (Å²) in [6, 6.07) is 14.3. The van der Waals surface area contributed by atoms with Crippen LogP contribution in [-0.4, -0.2) is 84.7 Å². The first-order chi connectivity index (χ1) is 24.2. The van der Waals surface area contributed by atoms with Crippen LogP contribution >= 0.6 is 0 Å². The molecule has 2 aliphatic heterocycles. The van der Waals surface area contributed by atoms with Crippen LogP contribution in [0.5, 0.6) is 51.7 Å². The average molecular weight is 683 g/mol. The van der Waals surface area contributed by atoms with Gasteiger partial charge in [-0.1, -0.05) is 6.07 Å². The van der Waals surface area contributed by atoms with Crippen LogP contribution in [0.15, 0.2) is 42.5 Å². The normalized spacial score (nSPS) is 18.0. The van der Waals surface area contributed by atoms with Gasteiger partial charge < -0.3 is 38.3 Å². The Hall–Kier alpha value is -4.80. The van der Waals surface area contributed by atoms with Crippen molar-refractivity contribution in [3.05, 3.63) is 75.8 Å². The first-order valence-corrected chi connectivity index (χ1v) is 17.0. The van der Waals surface area contributed by atoms with Crippen LogP contribution in [0.4, 0.5) is 0 Å². The fourth-order valence-electron chi connectivity index (χ4n) is 8.06. The molecule has 0 aromatic heterocycles. The summed E-state index contributed by atoms with van der Waals surface area (Å²) in [6.45, 7) is 1.81. The predicted octanol–water partition coefficient (Wildman–Crippen LogP) is 6.76. The Morgan fingerprint density at radius 2 is 1.26 bits per heavy atom. The van der Waals surface area contributed by atoms with Crippen molar-refractivity contribution in [2.24, 2.45) is 0 Å². The van der Waals surface area contributed by atoms with Gasteiger partial charge in [-0.15, -0.1) is 0 Å². The van der Waals surface area contributed by atoms with Crippen molar-refractivity contribution in [1.29, 1.82) is 0 Å². The number of nitrogens with zero attached hydrogens (tertiary/aromatic N) is 2. The molecule has 0 saturated heterocycles. The smallest absolute Gasteiger partial charge is 0.204 e. The third-order valence-electron chi connectivity index (χ3n) is 10.8. The minimum Gasteiger partial charge on any atom is -0.504 e. The van der Waals surface area contributed by atoms with Gasteiger partial charge in [-0.05, 0) is 110 Å². The van der Waals surface area contributed by atoms with Gasteiger partial charge >= 0.3 is 0 Å². The quantitative estimate of drug-likeness (QED) is 0.194. The molecule has 264 valence electrons. The van der Waals surface area contributed by atoms with E-state index < -0.39 is 0 Å². The van der Waals surface area contributed by atoms with Crippen molar-refractivity contribution >= 4 is 0 Å². The number of methoxy groups -OCH3 is 6. The lowest BCUT2D eigenvalue weighted by Crippen LogP contribution is -2.35. The van der Waals surface area contributed by atoms with E-state index in [1.807, 2.05) is 30.3 Å². The minimum absolute atomic E-state index is 0.0370. The van der Waals surface area contributed by atoms with Gasteiger partial charge in [-0.25, -0.2) is 0 Å². The monoisotopic (exact) mass is 682 g/mol. The zero-order valence-electron chi connectivity index (χ0n) is 30.1. The summed E-state index contributed by atoms with van der Waals surface area (Å²) in [7, 11) is 14.1. The number of fused-ring (bicyclic) bond motifs is 3. The maximum atomic E-state index is 11.5. The van der Waals surface area contributed by atoms with Gasteiger partial charge in [-0.2, -0.15) is 0 Å². The molecule has 1 N–H and O–H groups in total. The molecule has 50 heavy (non-hydrogen) atoms. The van der Waals surface area contributed by atoms with E-state index in [0.29, 0.717) is 46.7 Å². The second-order valence-corrected chi connectivity index (χ2v) is 13.2. The number of hydrogen-bond donors (Lipinski definition) is 1. The number of phenols is 1. The Kier molecular flexibility index (Phi) is 9.09. The molecular weight excluding hydrogens is 636 g/mol. The van der Waals surface area contributed by atoms with Gasteiger partial charge in [0, 0.05) is 36.3 Å². The Bertz CT molecular complexity index is 1940. The highest BCUT2D eigenvalue weighted by Crippen LogP contribution is 2.55. The molecule has 2 heterocycles. The van der Waals surface area contributed by atoms with Gasteiger partial charge in [0.15, 0.2) is 46.0 Å². The predicted molar refractivity (Wildman–Crippen MR) is 191 cm³/mol. The van der Waals surface area contributed by atoms with E-state index in [-0.39, 0.29) is 17.8 Å². The Balaban J connectivity index is 1.34. The van der Waals surface area contributed by atoms with Crippen molar-refractivity contribution in [2.75, 3.05) is 69.8 Å². The highest BCUT2D eigenvalue weighted by atomic mass is 16.5. The molecule has 0 saturated carbocycles. The SMILES string of the molecule is COc1cc2c(cc1OC)[C@@H](Cc1ccc(OC)c(OC)c1Oc1cc3c(cc1OC)-c1c(O)c(OC)cc4c1[C@H](C3)N(C)CC4)N(C)CC2. The molecule has 10 nitrogen and oxygen atoms in total. The summed E-state index contributed by atoms with van der Waals surface area (Å²) in [6.07, 6.45) is 3.19. The highest BCUT2D eigenvalue weighted by Gasteiger charge is 2.37.